The summed E-state index contributed by atoms with van der Waals surface area (Å²) in [4.78, 5) is 27.6. The molecule has 0 bridgehead atoms. The maximum Gasteiger partial charge on any atom is 0.236 e. The van der Waals surface area contributed by atoms with E-state index >= 15 is 0 Å². The van der Waals surface area contributed by atoms with E-state index in [4.69, 9.17) is 5.26 Å². The zero-order valence-electron chi connectivity index (χ0n) is 11.3. The van der Waals surface area contributed by atoms with E-state index in [2.05, 4.69) is 0 Å². The minimum atomic E-state index is -0.113. The van der Waals surface area contributed by atoms with Crippen molar-refractivity contribution < 1.29 is 9.59 Å². The van der Waals surface area contributed by atoms with E-state index in [-0.39, 0.29) is 24.2 Å². The number of hydrogen-bond donors (Lipinski definition) is 0. The molecule has 0 atom stereocenters. The summed E-state index contributed by atoms with van der Waals surface area (Å²) in [6.07, 6.45) is 5.12. The highest BCUT2D eigenvalue weighted by molar-refractivity contribution is 5.80. The molecule has 0 aromatic heterocycles. The molecule has 104 valence electrons. The molecule has 19 heavy (non-hydrogen) atoms. The van der Waals surface area contributed by atoms with Crippen LogP contribution in [0.3, 0.4) is 0 Å². The number of hydrogen-bond acceptors (Lipinski definition) is 3. The van der Waals surface area contributed by atoms with Gasteiger partial charge in [-0.25, -0.2) is 0 Å². The van der Waals surface area contributed by atoms with Crippen LogP contribution >= 0.6 is 0 Å². The third-order valence-corrected chi connectivity index (χ3v) is 4.09. The maximum atomic E-state index is 12.3. The molecule has 2 amide bonds. The predicted molar refractivity (Wildman–Crippen MR) is 70.0 cm³/mol. The molecule has 1 aliphatic carbocycles. The van der Waals surface area contributed by atoms with Crippen molar-refractivity contribution in [2.24, 2.45) is 5.92 Å². The molecule has 0 unspecified atom stereocenters. The number of carbonyl (C=O) groups is 2. The van der Waals surface area contributed by atoms with Crippen LogP contribution in [0, 0.1) is 17.2 Å². The standard InChI is InChI=1S/C14H21N3O2/c15-7-6-13(18)16-8-3-9-17(11-10-16)14(19)12-4-1-2-5-12/h12H,1-6,8-11H2. The van der Waals surface area contributed by atoms with Crippen LogP contribution in [0.4, 0.5) is 0 Å². The molecule has 2 fully saturated rings. The highest BCUT2D eigenvalue weighted by Crippen LogP contribution is 2.26. The van der Waals surface area contributed by atoms with Gasteiger partial charge in [-0.05, 0) is 19.3 Å². The maximum absolute atomic E-state index is 12.3. The Morgan fingerprint density at radius 3 is 2.32 bits per heavy atom. The van der Waals surface area contributed by atoms with Crippen molar-refractivity contribution in [3.05, 3.63) is 0 Å². The summed E-state index contributed by atoms with van der Waals surface area (Å²) >= 11 is 0. The highest BCUT2D eigenvalue weighted by Gasteiger charge is 2.29. The van der Waals surface area contributed by atoms with Gasteiger partial charge in [0, 0.05) is 32.1 Å². The fourth-order valence-corrected chi connectivity index (χ4v) is 3.00. The van der Waals surface area contributed by atoms with Gasteiger partial charge in [-0.3, -0.25) is 9.59 Å². The van der Waals surface area contributed by atoms with Crippen LogP contribution in [0.1, 0.15) is 38.5 Å². The molecule has 1 saturated carbocycles. The molecular weight excluding hydrogens is 242 g/mol. The van der Waals surface area contributed by atoms with Crippen molar-refractivity contribution in [3.8, 4) is 6.07 Å². The van der Waals surface area contributed by atoms with Crippen molar-refractivity contribution in [2.75, 3.05) is 26.2 Å². The first-order valence-corrected chi connectivity index (χ1v) is 7.16. The molecule has 2 aliphatic rings. The van der Waals surface area contributed by atoms with Crippen LogP contribution in [-0.4, -0.2) is 47.8 Å². The largest absolute Gasteiger partial charge is 0.341 e. The second kappa shape index (κ2) is 6.55. The topological polar surface area (TPSA) is 64.4 Å². The summed E-state index contributed by atoms with van der Waals surface area (Å²) in [7, 11) is 0. The molecular formula is C14H21N3O2. The van der Waals surface area contributed by atoms with Crippen LogP contribution < -0.4 is 0 Å². The molecule has 0 aromatic rings. The average molecular weight is 263 g/mol. The number of nitriles is 1. The summed E-state index contributed by atoms with van der Waals surface area (Å²) in [6, 6.07) is 1.89. The van der Waals surface area contributed by atoms with Gasteiger partial charge >= 0.3 is 0 Å². The van der Waals surface area contributed by atoms with Gasteiger partial charge in [0.15, 0.2) is 0 Å². The van der Waals surface area contributed by atoms with Gasteiger partial charge in [0.25, 0.3) is 0 Å². The third kappa shape index (κ3) is 3.46. The molecule has 0 spiro atoms. The van der Waals surface area contributed by atoms with E-state index in [1.165, 1.54) is 0 Å². The average Bonchev–Trinajstić information content (AvgIpc) is 2.82. The van der Waals surface area contributed by atoms with E-state index in [0.717, 1.165) is 38.6 Å². The zero-order chi connectivity index (χ0) is 13.7. The summed E-state index contributed by atoms with van der Waals surface area (Å²) in [6.45, 7) is 2.59. The Balaban J connectivity index is 1.87. The van der Waals surface area contributed by atoms with Crippen molar-refractivity contribution in [3.63, 3.8) is 0 Å². The van der Waals surface area contributed by atoms with E-state index in [9.17, 15) is 9.59 Å². The van der Waals surface area contributed by atoms with E-state index in [1.807, 2.05) is 11.0 Å². The van der Waals surface area contributed by atoms with Gasteiger partial charge in [-0.2, -0.15) is 5.26 Å². The summed E-state index contributed by atoms with van der Waals surface area (Å²) in [5, 5.41) is 8.56. The van der Waals surface area contributed by atoms with Crippen LogP contribution in [0.15, 0.2) is 0 Å². The zero-order valence-corrected chi connectivity index (χ0v) is 11.3. The Morgan fingerprint density at radius 1 is 1.00 bits per heavy atom. The van der Waals surface area contributed by atoms with Gasteiger partial charge in [0.05, 0.1) is 6.07 Å². The lowest BCUT2D eigenvalue weighted by molar-refractivity contribution is -0.136. The van der Waals surface area contributed by atoms with Crippen molar-refractivity contribution in [2.45, 2.75) is 38.5 Å². The Morgan fingerprint density at radius 2 is 1.63 bits per heavy atom. The van der Waals surface area contributed by atoms with Crippen molar-refractivity contribution in [1.29, 1.82) is 5.26 Å². The number of amides is 2. The van der Waals surface area contributed by atoms with E-state index < -0.39 is 0 Å². The first-order valence-electron chi connectivity index (χ1n) is 7.16. The monoisotopic (exact) mass is 263 g/mol. The predicted octanol–water partition coefficient (Wildman–Crippen LogP) is 1.15. The Bertz CT molecular complexity index is 383. The SMILES string of the molecule is N#CCC(=O)N1CCCN(C(=O)C2CCCC2)CC1. The lowest BCUT2D eigenvalue weighted by atomic mass is 10.1. The van der Waals surface area contributed by atoms with Gasteiger partial charge in [0.2, 0.25) is 11.8 Å². The van der Waals surface area contributed by atoms with Crippen molar-refractivity contribution in [1.82, 2.24) is 9.80 Å². The normalized spacial score (nSPS) is 21.0. The summed E-state index contributed by atoms with van der Waals surface area (Å²) in [5.41, 5.74) is 0. The first kappa shape index (κ1) is 13.9. The van der Waals surface area contributed by atoms with Gasteiger partial charge in [-0.15, -0.1) is 0 Å². The highest BCUT2D eigenvalue weighted by atomic mass is 16.2. The molecule has 0 radical (unpaired) electrons. The van der Waals surface area contributed by atoms with Gasteiger partial charge in [0.1, 0.15) is 6.42 Å². The Labute approximate surface area is 114 Å². The molecule has 5 heteroatoms. The minimum Gasteiger partial charge on any atom is -0.341 e. The fourth-order valence-electron chi connectivity index (χ4n) is 3.00. The Kier molecular flexibility index (Phi) is 4.78. The van der Waals surface area contributed by atoms with Crippen molar-refractivity contribution >= 4 is 11.8 Å². The number of rotatable bonds is 2. The molecule has 1 aliphatic heterocycles. The quantitative estimate of drug-likeness (QED) is 0.750. The van der Waals surface area contributed by atoms with Crippen LogP contribution in [0.2, 0.25) is 0 Å². The van der Waals surface area contributed by atoms with Gasteiger partial charge in [-0.1, -0.05) is 12.8 Å². The van der Waals surface area contributed by atoms with Crippen LogP contribution in [0.25, 0.3) is 0 Å². The molecule has 0 N–H and O–H groups in total. The number of carbonyl (C=O) groups excluding carboxylic acids is 2. The summed E-state index contributed by atoms with van der Waals surface area (Å²) < 4.78 is 0. The molecule has 1 heterocycles. The lowest BCUT2D eigenvalue weighted by Gasteiger charge is -2.24. The van der Waals surface area contributed by atoms with Gasteiger partial charge < -0.3 is 9.80 Å². The first-order chi connectivity index (χ1) is 9.22. The Hall–Kier alpha value is -1.57. The summed E-state index contributed by atoms with van der Waals surface area (Å²) in [5.74, 6) is 0.367. The second-order valence-corrected chi connectivity index (χ2v) is 5.38. The van der Waals surface area contributed by atoms with Crippen LogP contribution in [-0.2, 0) is 9.59 Å². The van der Waals surface area contributed by atoms with E-state index in [1.54, 1.807) is 4.90 Å². The van der Waals surface area contributed by atoms with E-state index in [0.29, 0.717) is 19.6 Å². The fraction of sp³-hybridized carbons (Fsp3) is 0.786. The third-order valence-electron chi connectivity index (χ3n) is 4.09. The molecule has 5 nitrogen and oxygen atoms in total. The second-order valence-electron chi connectivity index (χ2n) is 5.38. The smallest absolute Gasteiger partial charge is 0.236 e. The molecule has 1 saturated heterocycles. The number of nitrogens with zero attached hydrogens (tertiary/aromatic N) is 3. The van der Waals surface area contributed by atoms with Crippen LogP contribution in [0.5, 0.6) is 0 Å². The molecule has 2 rings (SSSR count). The lowest BCUT2D eigenvalue weighted by Crippen LogP contribution is -2.39. The minimum absolute atomic E-state index is 0.0590. The molecule has 0 aromatic carbocycles.